The highest BCUT2D eigenvalue weighted by Gasteiger charge is 2.31. The molecule has 2 aromatic rings. The van der Waals surface area contributed by atoms with Crippen LogP contribution in [0.15, 0.2) is 36.4 Å². The van der Waals surface area contributed by atoms with Gasteiger partial charge in [-0.2, -0.15) is 0 Å². The van der Waals surface area contributed by atoms with Gasteiger partial charge in [0.05, 0.1) is 0 Å². The number of fused-ring (bicyclic) bond motifs is 2. The van der Waals surface area contributed by atoms with Crippen molar-refractivity contribution < 1.29 is 30.8 Å². The van der Waals surface area contributed by atoms with E-state index in [2.05, 4.69) is 15.2 Å². The summed E-state index contributed by atoms with van der Waals surface area (Å²) in [5, 5.41) is 46.1. The molecule has 0 aromatic heterocycles. The van der Waals surface area contributed by atoms with Crippen LogP contribution in [-0.4, -0.2) is 0 Å². The summed E-state index contributed by atoms with van der Waals surface area (Å²) in [5.41, 5.74) is 1.85. The van der Waals surface area contributed by atoms with E-state index in [1.807, 2.05) is 0 Å². The summed E-state index contributed by atoms with van der Waals surface area (Å²) in [5.74, 6) is 0. The van der Waals surface area contributed by atoms with Gasteiger partial charge in [-0.25, -0.2) is 0 Å². The molecule has 4 atom stereocenters. The molecular weight excluding hydrogens is 310 g/mol. The number of anilines is 2. The number of nitrogens with one attached hydrogen (secondary N) is 5. The molecule has 0 radical (unpaired) electrons. The van der Waals surface area contributed by atoms with Crippen LogP contribution in [0.4, 0.5) is 34.1 Å². The van der Waals surface area contributed by atoms with Gasteiger partial charge in [0, 0.05) is 45.5 Å². The fourth-order valence-corrected chi connectivity index (χ4v) is 2.49. The summed E-state index contributed by atoms with van der Waals surface area (Å²) < 4.78 is 0. The lowest BCUT2D eigenvalue weighted by Crippen LogP contribution is -3.15. The summed E-state index contributed by atoms with van der Waals surface area (Å²) in [6.45, 7) is 0. The summed E-state index contributed by atoms with van der Waals surface area (Å²) >= 11 is 0. The molecule has 0 spiro atoms. The largest absolute Gasteiger partial charge is 0.590 e. The Morgan fingerprint density at radius 2 is 1.00 bits per heavy atom. The zero-order valence-corrected chi connectivity index (χ0v) is 11.4. The van der Waals surface area contributed by atoms with Gasteiger partial charge < -0.3 is 26.1 Å². The lowest BCUT2D eigenvalue weighted by molar-refractivity contribution is -1.24. The van der Waals surface area contributed by atoms with Crippen LogP contribution < -0.4 is 26.2 Å². The Labute approximate surface area is 128 Å². The molecule has 0 saturated heterocycles. The van der Waals surface area contributed by atoms with Crippen molar-refractivity contribution in [1.29, 1.82) is 0 Å². The van der Waals surface area contributed by atoms with Gasteiger partial charge in [0.25, 0.3) is 0 Å². The lowest BCUT2D eigenvalue weighted by atomic mass is 10.2. The minimum Gasteiger partial charge on any atom is -0.590 e. The Balaban J connectivity index is 1.62. The van der Waals surface area contributed by atoms with Crippen molar-refractivity contribution in [2.45, 2.75) is 0 Å². The number of benzene rings is 2. The van der Waals surface area contributed by atoms with Gasteiger partial charge in [-0.15, -0.1) is 20.9 Å². The highest BCUT2D eigenvalue weighted by Crippen LogP contribution is 2.27. The van der Waals surface area contributed by atoms with Crippen LogP contribution in [0.1, 0.15) is 0 Å². The van der Waals surface area contributed by atoms with Crippen molar-refractivity contribution in [3.63, 3.8) is 0 Å². The van der Waals surface area contributed by atoms with Crippen molar-refractivity contribution in [2.24, 2.45) is 0 Å². The SMILES string of the molecule is [O-][NH+]1O[NH+]([O-])c2cc(Nc3ccc4c(c3)[NH+]([O-])O[NH+]4[O-])ccc21. The number of rotatable bonds is 2. The van der Waals surface area contributed by atoms with Crippen molar-refractivity contribution in [2.75, 3.05) is 5.32 Å². The van der Waals surface area contributed by atoms with Gasteiger partial charge in [-0.3, -0.25) is 0 Å². The molecule has 0 amide bonds. The van der Waals surface area contributed by atoms with Crippen LogP contribution in [0.5, 0.6) is 0 Å². The van der Waals surface area contributed by atoms with E-state index in [0.29, 0.717) is 11.4 Å². The molecule has 2 heterocycles. The first kappa shape index (κ1) is 14.4. The smallest absolute Gasteiger partial charge is 0.235 e. The zero-order chi connectivity index (χ0) is 16.1. The second-order valence-corrected chi connectivity index (χ2v) is 5.00. The Bertz CT molecular complexity index is 710. The van der Waals surface area contributed by atoms with Crippen LogP contribution in [0.25, 0.3) is 0 Å². The first-order valence-corrected chi connectivity index (χ1v) is 6.61. The molecule has 0 fully saturated rings. The average Bonchev–Trinajstić information content (AvgIpc) is 2.96. The molecule has 2 aliphatic heterocycles. The lowest BCUT2D eigenvalue weighted by Gasteiger charge is -2.11. The second kappa shape index (κ2) is 5.19. The first-order valence-electron chi connectivity index (χ1n) is 6.61. The molecule has 2 aromatic carbocycles. The van der Waals surface area contributed by atoms with Gasteiger partial charge in [0.1, 0.15) is 0 Å². The van der Waals surface area contributed by atoms with E-state index >= 15 is 0 Å². The summed E-state index contributed by atoms with van der Waals surface area (Å²) in [4.78, 5) is 9.04. The van der Waals surface area contributed by atoms with Crippen LogP contribution in [0.2, 0.25) is 0 Å². The maximum absolute atomic E-state index is 11.5. The van der Waals surface area contributed by atoms with Crippen LogP contribution in [0.3, 0.4) is 0 Å². The molecule has 120 valence electrons. The highest BCUT2D eigenvalue weighted by molar-refractivity contribution is 5.70. The van der Waals surface area contributed by atoms with Crippen LogP contribution in [0, 0.1) is 20.8 Å². The fourth-order valence-electron chi connectivity index (χ4n) is 2.49. The number of hydrogen-bond acceptors (Lipinski definition) is 7. The minimum absolute atomic E-state index is 0.177. The molecule has 23 heavy (non-hydrogen) atoms. The van der Waals surface area contributed by atoms with Gasteiger partial charge in [0.15, 0.2) is 0 Å². The molecule has 11 nitrogen and oxygen atoms in total. The van der Waals surface area contributed by atoms with E-state index in [0.717, 1.165) is 0 Å². The maximum atomic E-state index is 11.5. The molecule has 0 aliphatic carbocycles. The predicted molar refractivity (Wildman–Crippen MR) is 74.3 cm³/mol. The fraction of sp³-hybridized carbons (Fsp3) is 0. The summed E-state index contributed by atoms with van der Waals surface area (Å²) in [7, 11) is 0. The Kier molecular flexibility index (Phi) is 3.26. The average molecular weight is 321 g/mol. The third kappa shape index (κ3) is 2.35. The van der Waals surface area contributed by atoms with E-state index in [1.54, 1.807) is 12.1 Å². The Hall–Kier alpha value is -2.16. The predicted octanol–water partition coefficient (Wildman–Crippen LogP) is -2.79. The third-order valence-electron chi connectivity index (χ3n) is 3.58. The van der Waals surface area contributed by atoms with Crippen LogP contribution >= 0.6 is 0 Å². The van der Waals surface area contributed by atoms with Crippen molar-refractivity contribution >= 4 is 34.1 Å². The monoisotopic (exact) mass is 321 g/mol. The molecule has 4 rings (SSSR count). The van der Waals surface area contributed by atoms with Crippen LogP contribution in [-0.2, 0) is 9.88 Å². The highest BCUT2D eigenvalue weighted by atomic mass is 17.1. The molecular formula is C12H11N5O6. The van der Waals surface area contributed by atoms with Crippen molar-refractivity contribution in [3.8, 4) is 0 Å². The third-order valence-corrected chi connectivity index (χ3v) is 3.58. The standard InChI is InChI=1S/C12H11N5O6/c18-14-9-3-1-7(5-11(9)16(20)22-14)13-8-2-4-10-12(6-8)17(21)23-15(10)19/h1-6,13-17H. The molecule has 11 heteroatoms. The normalized spacial score (nSPS) is 28.5. The van der Waals surface area contributed by atoms with E-state index in [9.17, 15) is 20.8 Å². The molecule has 0 bridgehead atoms. The summed E-state index contributed by atoms with van der Waals surface area (Å²) in [6.07, 6.45) is 0. The maximum Gasteiger partial charge on any atom is 0.235 e. The van der Waals surface area contributed by atoms with Crippen molar-refractivity contribution in [3.05, 3.63) is 57.2 Å². The quantitative estimate of drug-likeness (QED) is 0.376. The van der Waals surface area contributed by atoms with Gasteiger partial charge in [-0.05, 0) is 12.1 Å². The minimum atomic E-state index is -0.697. The molecule has 0 saturated carbocycles. The van der Waals surface area contributed by atoms with E-state index < -0.39 is 20.9 Å². The van der Waals surface area contributed by atoms with E-state index in [-0.39, 0.29) is 22.7 Å². The molecule has 4 unspecified atom stereocenters. The molecule has 2 aliphatic rings. The summed E-state index contributed by atoms with van der Waals surface area (Å²) in [6, 6.07) is 9.15. The van der Waals surface area contributed by atoms with Gasteiger partial charge >= 0.3 is 0 Å². The second-order valence-electron chi connectivity index (χ2n) is 5.00. The topological polar surface area (TPSA) is 140 Å². The number of quaternary nitrogens is 4. The molecule has 5 N–H and O–H groups in total. The zero-order valence-electron chi connectivity index (χ0n) is 11.4. The Morgan fingerprint density at radius 1 is 0.609 bits per heavy atom. The van der Waals surface area contributed by atoms with Gasteiger partial charge in [0.2, 0.25) is 22.7 Å². The first-order chi connectivity index (χ1) is 11.0. The van der Waals surface area contributed by atoms with Gasteiger partial charge in [-0.1, -0.05) is 0 Å². The number of hydrogen-bond donors (Lipinski definition) is 5. The van der Waals surface area contributed by atoms with E-state index in [1.165, 1.54) is 24.3 Å². The Morgan fingerprint density at radius 3 is 1.43 bits per heavy atom. The van der Waals surface area contributed by atoms with E-state index in [4.69, 9.17) is 0 Å². The van der Waals surface area contributed by atoms with Crippen molar-refractivity contribution in [1.82, 2.24) is 0 Å².